The molecule has 208 valence electrons. The van der Waals surface area contributed by atoms with E-state index in [2.05, 4.69) is 21.2 Å². The second kappa shape index (κ2) is 13.5. The molecule has 1 aliphatic heterocycles. The number of aliphatic imine (C=N–C) groups is 1. The number of nitrogens with one attached hydrogen (secondary N) is 1. The predicted molar refractivity (Wildman–Crippen MR) is 158 cm³/mol. The van der Waals surface area contributed by atoms with Gasteiger partial charge in [-0.25, -0.2) is 9.79 Å². The fourth-order valence-electron chi connectivity index (χ4n) is 3.91. The standard InChI is InChI=1S/C29H28BrN3O6S/c1-4-39-28(36)19-6-10-22(11-7-19)32-29-33(17-18-5-14-23(37-2)24(15-18)38-3)26(34)16-25(40-29)27(35)31-21-12-8-20(30)9-13-21/h5-15,25H,4,16-17H2,1-3H3,(H,31,35). The smallest absolute Gasteiger partial charge is 0.338 e. The molecule has 1 saturated heterocycles. The van der Waals surface area contributed by atoms with Gasteiger partial charge in [-0.05, 0) is 73.2 Å². The van der Waals surface area contributed by atoms with Gasteiger partial charge >= 0.3 is 5.97 Å². The van der Waals surface area contributed by atoms with Gasteiger partial charge in [-0.1, -0.05) is 33.8 Å². The van der Waals surface area contributed by atoms with E-state index in [4.69, 9.17) is 19.2 Å². The van der Waals surface area contributed by atoms with E-state index in [-0.39, 0.29) is 31.4 Å². The normalized spacial score (nSPS) is 16.0. The Bertz CT molecular complexity index is 1410. The molecule has 1 atom stereocenters. The molecule has 2 amide bonds. The Morgan fingerprint density at radius 2 is 1.73 bits per heavy atom. The second-order valence-corrected chi connectivity index (χ2v) is 10.7. The van der Waals surface area contributed by atoms with Crippen LogP contribution in [0, 0.1) is 0 Å². The molecule has 1 fully saturated rings. The van der Waals surface area contributed by atoms with Crippen LogP contribution in [-0.2, 0) is 20.9 Å². The number of thioether (sulfide) groups is 1. The fourth-order valence-corrected chi connectivity index (χ4v) is 5.27. The maximum Gasteiger partial charge on any atom is 0.338 e. The molecule has 1 heterocycles. The van der Waals surface area contributed by atoms with Gasteiger partial charge in [-0.15, -0.1) is 0 Å². The average Bonchev–Trinajstić information content (AvgIpc) is 2.96. The lowest BCUT2D eigenvalue weighted by Gasteiger charge is -2.32. The highest BCUT2D eigenvalue weighted by Gasteiger charge is 2.36. The number of benzene rings is 3. The SMILES string of the molecule is CCOC(=O)c1ccc(N=C2SC(C(=O)Nc3ccc(Br)cc3)CC(=O)N2Cc2ccc(OC)c(OC)c2)cc1. The largest absolute Gasteiger partial charge is 0.493 e. The summed E-state index contributed by atoms with van der Waals surface area (Å²) >= 11 is 4.59. The molecule has 0 spiro atoms. The summed E-state index contributed by atoms with van der Waals surface area (Å²) in [5.41, 5.74) is 2.35. The van der Waals surface area contributed by atoms with Crippen LogP contribution < -0.4 is 14.8 Å². The van der Waals surface area contributed by atoms with Crippen molar-refractivity contribution in [3.8, 4) is 11.5 Å². The van der Waals surface area contributed by atoms with Crippen LogP contribution in [0.5, 0.6) is 11.5 Å². The molecule has 3 aromatic rings. The van der Waals surface area contributed by atoms with Crippen LogP contribution in [0.15, 0.2) is 76.2 Å². The third-order valence-electron chi connectivity index (χ3n) is 5.94. The zero-order chi connectivity index (χ0) is 28.6. The number of nitrogens with zero attached hydrogens (tertiary/aromatic N) is 2. The first kappa shape index (κ1) is 29.2. The van der Waals surface area contributed by atoms with Crippen molar-refractivity contribution in [2.24, 2.45) is 4.99 Å². The summed E-state index contributed by atoms with van der Waals surface area (Å²) in [6.45, 7) is 2.23. The zero-order valence-electron chi connectivity index (χ0n) is 22.2. The molecule has 1 aliphatic rings. The minimum atomic E-state index is -0.685. The number of esters is 1. The number of hydrogen-bond donors (Lipinski definition) is 1. The summed E-state index contributed by atoms with van der Waals surface area (Å²) in [6, 6.07) is 19.2. The number of carbonyl (C=O) groups is 3. The second-order valence-electron chi connectivity index (χ2n) is 8.64. The van der Waals surface area contributed by atoms with Gasteiger partial charge in [0, 0.05) is 16.6 Å². The Balaban J connectivity index is 1.62. The van der Waals surface area contributed by atoms with Crippen LogP contribution in [0.25, 0.3) is 0 Å². The molecule has 0 bridgehead atoms. The van der Waals surface area contributed by atoms with Crippen molar-refractivity contribution in [3.63, 3.8) is 0 Å². The summed E-state index contributed by atoms with van der Waals surface area (Å²) in [5, 5.41) is 2.56. The third kappa shape index (κ3) is 7.22. The fraction of sp³-hybridized carbons (Fsp3) is 0.241. The Hall–Kier alpha value is -3.83. The highest BCUT2D eigenvalue weighted by Crippen LogP contribution is 2.33. The van der Waals surface area contributed by atoms with Gasteiger partial charge in [0.2, 0.25) is 11.8 Å². The van der Waals surface area contributed by atoms with Gasteiger partial charge in [-0.2, -0.15) is 0 Å². The number of amides is 2. The summed E-state index contributed by atoms with van der Waals surface area (Å²) in [4.78, 5) is 44.9. The van der Waals surface area contributed by atoms with Crippen LogP contribution in [-0.4, -0.2) is 53.9 Å². The topological polar surface area (TPSA) is 107 Å². The number of hydrogen-bond acceptors (Lipinski definition) is 8. The Morgan fingerprint density at radius 3 is 2.38 bits per heavy atom. The molecule has 0 aromatic heterocycles. The average molecular weight is 627 g/mol. The molecule has 0 saturated carbocycles. The van der Waals surface area contributed by atoms with E-state index in [9.17, 15) is 14.4 Å². The van der Waals surface area contributed by atoms with Crippen molar-refractivity contribution in [1.29, 1.82) is 0 Å². The van der Waals surface area contributed by atoms with E-state index in [1.54, 1.807) is 74.6 Å². The molecule has 0 aliphatic carbocycles. The summed E-state index contributed by atoms with van der Waals surface area (Å²) in [6.07, 6.45) is 0.00112. The lowest BCUT2D eigenvalue weighted by molar-refractivity contribution is -0.129. The highest BCUT2D eigenvalue weighted by atomic mass is 79.9. The highest BCUT2D eigenvalue weighted by molar-refractivity contribution is 9.10. The Kier molecular flexibility index (Phi) is 9.84. The van der Waals surface area contributed by atoms with Crippen molar-refractivity contribution in [1.82, 2.24) is 4.90 Å². The molecule has 11 heteroatoms. The molecular formula is C29H28BrN3O6S. The van der Waals surface area contributed by atoms with E-state index in [0.717, 1.165) is 10.0 Å². The van der Waals surface area contributed by atoms with Crippen LogP contribution in [0.2, 0.25) is 0 Å². The van der Waals surface area contributed by atoms with Gasteiger partial charge in [-0.3, -0.25) is 14.5 Å². The van der Waals surface area contributed by atoms with Crippen LogP contribution in [0.4, 0.5) is 11.4 Å². The van der Waals surface area contributed by atoms with Gasteiger partial charge in [0.05, 0.1) is 38.6 Å². The number of amidine groups is 1. The van der Waals surface area contributed by atoms with Gasteiger partial charge in [0.15, 0.2) is 16.7 Å². The first-order chi connectivity index (χ1) is 19.3. The van der Waals surface area contributed by atoms with E-state index in [0.29, 0.717) is 33.6 Å². The zero-order valence-corrected chi connectivity index (χ0v) is 24.6. The molecule has 0 radical (unpaired) electrons. The summed E-state index contributed by atoms with van der Waals surface area (Å²) < 4.78 is 16.7. The number of carbonyl (C=O) groups excluding carboxylic acids is 3. The number of ether oxygens (including phenoxy) is 3. The molecule has 1 N–H and O–H groups in total. The van der Waals surface area contributed by atoms with Gasteiger partial charge in [0.25, 0.3) is 0 Å². The molecule has 1 unspecified atom stereocenters. The van der Waals surface area contributed by atoms with Crippen molar-refractivity contribution in [2.75, 3.05) is 26.1 Å². The van der Waals surface area contributed by atoms with Crippen molar-refractivity contribution < 1.29 is 28.6 Å². The predicted octanol–water partition coefficient (Wildman–Crippen LogP) is 5.80. The third-order valence-corrected chi connectivity index (χ3v) is 7.65. The van der Waals surface area contributed by atoms with Crippen LogP contribution in [0.1, 0.15) is 29.3 Å². The maximum absolute atomic E-state index is 13.4. The van der Waals surface area contributed by atoms with Crippen LogP contribution in [0.3, 0.4) is 0 Å². The number of methoxy groups -OCH3 is 2. The van der Waals surface area contributed by atoms with E-state index in [1.807, 2.05) is 18.2 Å². The minimum Gasteiger partial charge on any atom is -0.493 e. The van der Waals surface area contributed by atoms with E-state index >= 15 is 0 Å². The molecule has 4 rings (SSSR count). The molecule has 40 heavy (non-hydrogen) atoms. The van der Waals surface area contributed by atoms with E-state index < -0.39 is 11.2 Å². The monoisotopic (exact) mass is 625 g/mol. The molecule has 3 aromatic carbocycles. The first-order valence-electron chi connectivity index (χ1n) is 12.4. The molecular weight excluding hydrogens is 598 g/mol. The quantitative estimate of drug-likeness (QED) is 0.299. The minimum absolute atomic E-state index is 0.00112. The summed E-state index contributed by atoms with van der Waals surface area (Å²) in [5.74, 6) is 0.148. The number of anilines is 1. The lowest BCUT2D eigenvalue weighted by Crippen LogP contribution is -2.44. The maximum atomic E-state index is 13.4. The Labute approximate surface area is 245 Å². The summed E-state index contributed by atoms with van der Waals surface area (Å²) in [7, 11) is 3.10. The van der Waals surface area contributed by atoms with E-state index in [1.165, 1.54) is 11.8 Å². The first-order valence-corrected chi connectivity index (χ1v) is 14.1. The number of rotatable bonds is 9. The Morgan fingerprint density at radius 1 is 1.02 bits per heavy atom. The number of halogens is 1. The van der Waals surface area contributed by atoms with Gasteiger partial charge < -0.3 is 19.5 Å². The molecule has 9 nitrogen and oxygen atoms in total. The van der Waals surface area contributed by atoms with Crippen molar-refractivity contribution in [3.05, 3.63) is 82.3 Å². The lowest BCUT2D eigenvalue weighted by atomic mass is 10.1. The van der Waals surface area contributed by atoms with Crippen molar-refractivity contribution in [2.45, 2.75) is 25.1 Å². The van der Waals surface area contributed by atoms with Gasteiger partial charge in [0.1, 0.15) is 5.25 Å². The van der Waals surface area contributed by atoms with Crippen LogP contribution >= 0.6 is 27.7 Å². The van der Waals surface area contributed by atoms with Crippen molar-refractivity contribution >= 4 is 62.0 Å².